The second kappa shape index (κ2) is 6.46. The standard InChI is InChI=1S/C17H17N3O3S/c1-12-8-10-15(11-9-12)24(21,22)20-18-17-16(13(2)19-23-17)14-6-4-3-5-7-14/h3-11,18,20H,1-2H3. The Morgan fingerprint density at radius 3 is 2.29 bits per heavy atom. The van der Waals surface area contributed by atoms with Crippen molar-refractivity contribution in [2.75, 3.05) is 5.43 Å². The van der Waals surface area contributed by atoms with Gasteiger partial charge in [-0.15, -0.1) is 4.83 Å². The van der Waals surface area contributed by atoms with Crippen molar-refractivity contribution in [3.05, 3.63) is 65.9 Å². The molecule has 0 bridgehead atoms. The Morgan fingerprint density at radius 2 is 1.62 bits per heavy atom. The van der Waals surface area contributed by atoms with Crippen LogP contribution in [0.15, 0.2) is 64.0 Å². The van der Waals surface area contributed by atoms with Crippen molar-refractivity contribution in [1.29, 1.82) is 0 Å². The van der Waals surface area contributed by atoms with E-state index < -0.39 is 10.0 Å². The van der Waals surface area contributed by atoms with Crippen LogP contribution in [0.25, 0.3) is 11.1 Å². The molecule has 1 heterocycles. The third-order valence-corrected chi connectivity index (χ3v) is 4.82. The summed E-state index contributed by atoms with van der Waals surface area (Å²) in [5.41, 5.74) is 5.86. The molecule has 7 heteroatoms. The van der Waals surface area contributed by atoms with Gasteiger partial charge in [-0.25, -0.2) is 8.42 Å². The van der Waals surface area contributed by atoms with Gasteiger partial charge >= 0.3 is 0 Å². The Morgan fingerprint density at radius 1 is 0.958 bits per heavy atom. The second-order valence-electron chi connectivity index (χ2n) is 5.38. The zero-order valence-electron chi connectivity index (χ0n) is 13.3. The molecule has 6 nitrogen and oxygen atoms in total. The molecule has 3 rings (SSSR count). The Hall–Kier alpha value is -2.64. The molecular weight excluding hydrogens is 326 g/mol. The highest BCUT2D eigenvalue weighted by Gasteiger charge is 2.18. The fourth-order valence-electron chi connectivity index (χ4n) is 2.29. The van der Waals surface area contributed by atoms with Gasteiger partial charge in [-0.1, -0.05) is 53.2 Å². The van der Waals surface area contributed by atoms with Crippen LogP contribution in [-0.4, -0.2) is 13.6 Å². The minimum atomic E-state index is -3.71. The van der Waals surface area contributed by atoms with Gasteiger partial charge in [0, 0.05) is 0 Å². The van der Waals surface area contributed by atoms with E-state index in [0.717, 1.165) is 11.1 Å². The molecule has 3 aromatic rings. The fraction of sp³-hybridized carbons (Fsp3) is 0.118. The van der Waals surface area contributed by atoms with Crippen LogP contribution in [0.2, 0.25) is 0 Å². The van der Waals surface area contributed by atoms with Gasteiger partial charge in [0.25, 0.3) is 10.0 Å². The van der Waals surface area contributed by atoms with Crippen LogP contribution in [0, 0.1) is 13.8 Å². The van der Waals surface area contributed by atoms with Gasteiger partial charge in [-0.3, -0.25) is 5.43 Å². The maximum Gasteiger partial charge on any atom is 0.257 e. The Balaban J connectivity index is 1.84. The smallest absolute Gasteiger partial charge is 0.257 e. The predicted molar refractivity (Wildman–Crippen MR) is 91.8 cm³/mol. The molecule has 0 spiro atoms. The normalized spacial score (nSPS) is 11.4. The number of sulfonamides is 1. The first-order valence-corrected chi connectivity index (χ1v) is 8.82. The average molecular weight is 343 g/mol. The topological polar surface area (TPSA) is 84.2 Å². The summed E-state index contributed by atoms with van der Waals surface area (Å²) in [6.07, 6.45) is 0. The number of hydrogen-bond donors (Lipinski definition) is 2. The molecule has 0 aliphatic carbocycles. The number of hydrogen-bond acceptors (Lipinski definition) is 5. The number of rotatable bonds is 5. The quantitative estimate of drug-likeness (QED) is 0.695. The molecule has 0 aliphatic heterocycles. The lowest BCUT2D eigenvalue weighted by atomic mass is 10.1. The minimum Gasteiger partial charge on any atom is -0.337 e. The van der Waals surface area contributed by atoms with E-state index in [1.165, 1.54) is 0 Å². The van der Waals surface area contributed by atoms with Crippen molar-refractivity contribution < 1.29 is 12.9 Å². The molecule has 1 aromatic heterocycles. The van der Waals surface area contributed by atoms with Crippen molar-refractivity contribution in [3.63, 3.8) is 0 Å². The first-order valence-electron chi connectivity index (χ1n) is 7.33. The maximum absolute atomic E-state index is 12.3. The van der Waals surface area contributed by atoms with Gasteiger partial charge in [0.05, 0.1) is 16.2 Å². The highest BCUT2D eigenvalue weighted by molar-refractivity contribution is 7.89. The highest BCUT2D eigenvalue weighted by atomic mass is 32.2. The lowest BCUT2D eigenvalue weighted by molar-refractivity contribution is 0.425. The molecule has 0 atom stereocenters. The van der Waals surface area contributed by atoms with Crippen molar-refractivity contribution in [2.24, 2.45) is 0 Å². The third-order valence-electron chi connectivity index (χ3n) is 3.56. The van der Waals surface area contributed by atoms with Crippen LogP contribution in [0.4, 0.5) is 5.88 Å². The number of nitrogens with one attached hydrogen (secondary N) is 2. The van der Waals surface area contributed by atoms with Crippen LogP contribution in [0.5, 0.6) is 0 Å². The maximum atomic E-state index is 12.3. The summed E-state index contributed by atoms with van der Waals surface area (Å²) < 4.78 is 29.9. The summed E-state index contributed by atoms with van der Waals surface area (Å²) in [6.45, 7) is 3.69. The molecule has 124 valence electrons. The first kappa shape index (κ1) is 16.2. The third kappa shape index (κ3) is 3.32. The van der Waals surface area contributed by atoms with Crippen molar-refractivity contribution in [1.82, 2.24) is 9.99 Å². The van der Waals surface area contributed by atoms with E-state index in [-0.39, 0.29) is 10.8 Å². The Bertz CT molecular complexity index is 933. The van der Waals surface area contributed by atoms with Crippen molar-refractivity contribution in [2.45, 2.75) is 18.7 Å². The van der Waals surface area contributed by atoms with Gasteiger partial charge in [0.2, 0.25) is 5.88 Å². The minimum absolute atomic E-state index is 0.165. The summed E-state index contributed by atoms with van der Waals surface area (Å²) in [5.74, 6) is 0.245. The molecule has 0 saturated heterocycles. The van der Waals surface area contributed by atoms with E-state index in [2.05, 4.69) is 15.4 Å². The monoisotopic (exact) mass is 343 g/mol. The predicted octanol–water partition coefficient (Wildman–Crippen LogP) is 3.26. The van der Waals surface area contributed by atoms with E-state index in [9.17, 15) is 8.42 Å². The number of hydrazine groups is 1. The first-order chi connectivity index (χ1) is 11.5. The Labute approximate surface area is 140 Å². The van der Waals surface area contributed by atoms with Crippen molar-refractivity contribution in [3.8, 4) is 11.1 Å². The molecule has 2 N–H and O–H groups in total. The van der Waals surface area contributed by atoms with Gasteiger partial charge in [0.1, 0.15) is 0 Å². The molecular formula is C17H17N3O3S. The van der Waals surface area contributed by atoms with Gasteiger partial charge in [-0.2, -0.15) is 0 Å². The van der Waals surface area contributed by atoms with Gasteiger partial charge in [-0.05, 0) is 31.5 Å². The lowest BCUT2D eigenvalue weighted by Gasteiger charge is -2.09. The zero-order valence-corrected chi connectivity index (χ0v) is 14.1. The number of anilines is 1. The molecule has 24 heavy (non-hydrogen) atoms. The van der Waals surface area contributed by atoms with Crippen LogP contribution >= 0.6 is 0 Å². The van der Waals surface area contributed by atoms with E-state index in [0.29, 0.717) is 11.3 Å². The molecule has 0 fully saturated rings. The molecule has 0 unspecified atom stereocenters. The summed E-state index contributed by atoms with van der Waals surface area (Å²) in [5, 5.41) is 3.91. The summed E-state index contributed by atoms with van der Waals surface area (Å²) in [7, 11) is -3.71. The van der Waals surface area contributed by atoms with Crippen LogP contribution in [0.3, 0.4) is 0 Å². The van der Waals surface area contributed by atoms with Crippen LogP contribution in [0.1, 0.15) is 11.3 Å². The van der Waals surface area contributed by atoms with Crippen LogP contribution < -0.4 is 10.3 Å². The van der Waals surface area contributed by atoms with Crippen molar-refractivity contribution >= 4 is 15.9 Å². The number of nitrogens with zero attached hydrogens (tertiary/aromatic N) is 1. The van der Waals surface area contributed by atoms with E-state index in [1.54, 1.807) is 31.2 Å². The summed E-state index contributed by atoms with van der Waals surface area (Å²) >= 11 is 0. The largest absolute Gasteiger partial charge is 0.337 e. The molecule has 0 saturated carbocycles. The molecule has 0 radical (unpaired) electrons. The number of aromatic nitrogens is 1. The van der Waals surface area contributed by atoms with Crippen LogP contribution in [-0.2, 0) is 10.0 Å². The number of aryl methyl sites for hydroxylation is 2. The summed E-state index contributed by atoms with van der Waals surface area (Å²) in [6, 6.07) is 16.1. The zero-order chi connectivity index (χ0) is 17.2. The van der Waals surface area contributed by atoms with E-state index in [1.807, 2.05) is 37.3 Å². The van der Waals surface area contributed by atoms with E-state index >= 15 is 0 Å². The van der Waals surface area contributed by atoms with E-state index in [4.69, 9.17) is 4.52 Å². The Kier molecular flexibility index (Phi) is 4.37. The highest BCUT2D eigenvalue weighted by Crippen LogP contribution is 2.30. The molecule has 0 aliphatic rings. The SMILES string of the molecule is Cc1ccc(S(=O)(=O)NNc2onc(C)c2-c2ccccc2)cc1. The average Bonchev–Trinajstić information content (AvgIpc) is 2.95. The fourth-order valence-corrected chi connectivity index (χ4v) is 3.13. The van der Waals surface area contributed by atoms with Gasteiger partial charge < -0.3 is 4.52 Å². The summed E-state index contributed by atoms with van der Waals surface area (Å²) in [4.78, 5) is 2.49. The van der Waals surface area contributed by atoms with Gasteiger partial charge in [0.15, 0.2) is 0 Å². The number of benzene rings is 2. The molecule has 0 amide bonds. The molecule has 2 aromatic carbocycles. The second-order valence-corrected chi connectivity index (χ2v) is 7.06. The lowest BCUT2D eigenvalue weighted by Crippen LogP contribution is -2.29.